The van der Waals surface area contributed by atoms with E-state index in [4.69, 9.17) is 14.2 Å². The van der Waals surface area contributed by atoms with E-state index >= 15 is 0 Å². The van der Waals surface area contributed by atoms with E-state index in [0.717, 1.165) is 148 Å². The fourth-order valence-electron chi connectivity index (χ4n) is 9.10. The molecule has 0 saturated heterocycles. The Bertz CT molecular complexity index is 1780. The lowest BCUT2D eigenvalue weighted by atomic mass is 10.0. The van der Waals surface area contributed by atoms with Crippen LogP contribution in [-0.4, -0.2) is 37.2 Å². The van der Waals surface area contributed by atoms with E-state index in [0.29, 0.717) is 19.3 Å². The highest BCUT2D eigenvalue weighted by Crippen LogP contribution is 2.16. The standard InChI is InChI=1S/C76H124O6/c1-4-7-10-13-16-19-22-25-28-31-32-33-34-35-36-37-38-39-40-41-42-43-44-46-48-51-54-57-60-63-66-69-75(78)81-72-73(71-80-74(77)68-65-62-59-56-53-50-47-30-27-24-21-18-15-12-9-6-3)82-76(79)70-67-64-61-58-55-52-49-45-29-26-23-20-17-14-11-8-5-2/h7-8,10-11,16-17,19-20,25-26,28-29,32-33,35-36,38-39,41-42,44,46,51,54,73H,4-6,9,12-15,18,21-24,27,30-31,34,37,40,43,45,47-50,52-53,55-72H2,1-3H3/b10-7-,11-8-,19-16-,20-17-,28-25-,29-26-,33-32-,36-35-,39-38-,42-41-,46-44-,54-51-. The van der Waals surface area contributed by atoms with Gasteiger partial charge in [0.2, 0.25) is 0 Å². The van der Waals surface area contributed by atoms with E-state index in [1.54, 1.807) is 0 Å². The third kappa shape index (κ3) is 66.1. The number of allylic oxidation sites excluding steroid dienone is 24. The van der Waals surface area contributed by atoms with Crippen molar-refractivity contribution in [2.75, 3.05) is 13.2 Å². The highest BCUT2D eigenvalue weighted by atomic mass is 16.6. The van der Waals surface area contributed by atoms with Crippen LogP contribution in [0.5, 0.6) is 0 Å². The second-order valence-corrected chi connectivity index (χ2v) is 22.0. The van der Waals surface area contributed by atoms with E-state index in [9.17, 15) is 14.4 Å². The second kappa shape index (κ2) is 68.8. The van der Waals surface area contributed by atoms with Gasteiger partial charge in [-0.3, -0.25) is 14.4 Å². The third-order valence-electron chi connectivity index (χ3n) is 14.1. The largest absolute Gasteiger partial charge is 0.462 e. The SMILES string of the molecule is CC/C=C\C/C=C\C/C=C\C/C=C\C/C=C\C/C=C\C/C=C\C/C=C\C/C=C\CCCCCC(=O)OCC(COC(=O)CCCCCCCCCCCCCCCCCC)OC(=O)CCCCCCCCC/C=C\C/C=C\C/C=C\CC. The minimum atomic E-state index is -0.803. The van der Waals surface area contributed by atoms with Crippen molar-refractivity contribution in [2.24, 2.45) is 0 Å². The molecule has 0 amide bonds. The zero-order chi connectivity index (χ0) is 59.2. The zero-order valence-electron chi connectivity index (χ0n) is 53.2. The van der Waals surface area contributed by atoms with Gasteiger partial charge in [-0.25, -0.2) is 0 Å². The Morgan fingerprint density at radius 3 is 0.756 bits per heavy atom. The van der Waals surface area contributed by atoms with Crippen LogP contribution in [0.1, 0.15) is 297 Å². The van der Waals surface area contributed by atoms with Gasteiger partial charge in [0.25, 0.3) is 0 Å². The van der Waals surface area contributed by atoms with Crippen LogP contribution in [0, 0.1) is 0 Å². The van der Waals surface area contributed by atoms with Gasteiger partial charge in [-0.15, -0.1) is 0 Å². The lowest BCUT2D eigenvalue weighted by Crippen LogP contribution is -2.30. The molecule has 0 spiro atoms. The Morgan fingerprint density at radius 1 is 0.256 bits per heavy atom. The molecule has 464 valence electrons. The molecule has 1 atom stereocenters. The molecule has 0 rings (SSSR count). The molecule has 0 radical (unpaired) electrons. The molecule has 0 aliphatic rings. The first-order valence-electron chi connectivity index (χ1n) is 33.8. The number of carbonyl (C=O) groups excluding carboxylic acids is 3. The zero-order valence-corrected chi connectivity index (χ0v) is 53.2. The van der Waals surface area contributed by atoms with E-state index in [2.05, 4.69) is 167 Å². The third-order valence-corrected chi connectivity index (χ3v) is 14.1. The van der Waals surface area contributed by atoms with Crippen LogP contribution in [0.15, 0.2) is 146 Å². The maximum Gasteiger partial charge on any atom is 0.306 e. The summed E-state index contributed by atoms with van der Waals surface area (Å²) >= 11 is 0. The fraction of sp³-hybridized carbons (Fsp3) is 0.645. The van der Waals surface area contributed by atoms with Crippen LogP contribution >= 0.6 is 0 Å². The van der Waals surface area contributed by atoms with Gasteiger partial charge in [0.1, 0.15) is 13.2 Å². The fourth-order valence-corrected chi connectivity index (χ4v) is 9.10. The summed E-state index contributed by atoms with van der Waals surface area (Å²) in [7, 11) is 0. The van der Waals surface area contributed by atoms with Crippen LogP contribution in [-0.2, 0) is 28.6 Å². The summed E-state index contributed by atoms with van der Waals surface area (Å²) in [6.45, 7) is 6.40. The van der Waals surface area contributed by atoms with Gasteiger partial charge in [0.15, 0.2) is 6.10 Å². The minimum absolute atomic E-state index is 0.0947. The molecule has 6 nitrogen and oxygen atoms in total. The number of ether oxygens (including phenoxy) is 3. The first kappa shape index (κ1) is 77.3. The van der Waals surface area contributed by atoms with E-state index in [1.807, 2.05) is 0 Å². The van der Waals surface area contributed by atoms with E-state index < -0.39 is 6.10 Å². The number of unbranched alkanes of at least 4 members (excludes halogenated alkanes) is 25. The molecule has 6 heteroatoms. The molecule has 0 heterocycles. The second-order valence-electron chi connectivity index (χ2n) is 22.0. The summed E-state index contributed by atoms with van der Waals surface area (Å²) in [5, 5.41) is 0. The monoisotopic (exact) mass is 1130 g/mol. The Balaban J connectivity index is 4.42. The minimum Gasteiger partial charge on any atom is -0.462 e. The molecular weight excluding hydrogens is 1010 g/mol. The predicted octanol–water partition coefficient (Wildman–Crippen LogP) is 23.5. The molecule has 0 N–H and O–H groups in total. The average Bonchev–Trinajstić information content (AvgIpc) is 3.48. The normalized spacial score (nSPS) is 13.1. The van der Waals surface area contributed by atoms with Crippen molar-refractivity contribution >= 4 is 17.9 Å². The maximum absolute atomic E-state index is 12.9. The topological polar surface area (TPSA) is 78.9 Å². The summed E-state index contributed by atoms with van der Waals surface area (Å²) in [5.74, 6) is -0.934. The van der Waals surface area contributed by atoms with Crippen molar-refractivity contribution in [3.05, 3.63) is 146 Å². The van der Waals surface area contributed by atoms with Crippen LogP contribution in [0.4, 0.5) is 0 Å². The lowest BCUT2D eigenvalue weighted by Gasteiger charge is -2.18. The molecule has 82 heavy (non-hydrogen) atoms. The molecule has 1 unspecified atom stereocenters. The van der Waals surface area contributed by atoms with Gasteiger partial charge in [-0.1, -0.05) is 301 Å². The molecule has 0 aromatic carbocycles. The highest BCUT2D eigenvalue weighted by Gasteiger charge is 2.19. The van der Waals surface area contributed by atoms with E-state index in [-0.39, 0.29) is 31.1 Å². The smallest absolute Gasteiger partial charge is 0.306 e. The summed E-state index contributed by atoms with van der Waals surface area (Å²) in [5.41, 5.74) is 0. The summed E-state index contributed by atoms with van der Waals surface area (Å²) in [4.78, 5) is 38.4. The molecule has 0 fully saturated rings. The van der Waals surface area contributed by atoms with Gasteiger partial charge in [0, 0.05) is 19.3 Å². The molecule has 0 saturated carbocycles. The molecular formula is C76H124O6. The summed E-state index contributed by atoms with van der Waals surface area (Å²) in [6, 6.07) is 0. The van der Waals surface area contributed by atoms with E-state index in [1.165, 1.54) is 109 Å². The van der Waals surface area contributed by atoms with Gasteiger partial charge >= 0.3 is 17.9 Å². The maximum atomic E-state index is 12.9. The van der Waals surface area contributed by atoms with Crippen molar-refractivity contribution in [1.29, 1.82) is 0 Å². The van der Waals surface area contributed by atoms with Crippen molar-refractivity contribution in [3.8, 4) is 0 Å². The Labute approximate surface area is 506 Å². The number of carbonyl (C=O) groups is 3. The van der Waals surface area contributed by atoms with Gasteiger partial charge in [-0.2, -0.15) is 0 Å². The average molecular weight is 1130 g/mol. The Morgan fingerprint density at radius 2 is 0.476 bits per heavy atom. The molecule has 0 aliphatic heterocycles. The van der Waals surface area contributed by atoms with Crippen molar-refractivity contribution in [2.45, 2.75) is 303 Å². The van der Waals surface area contributed by atoms with Crippen molar-refractivity contribution < 1.29 is 28.6 Å². The molecule has 0 aliphatic carbocycles. The van der Waals surface area contributed by atoms with Gasteiger partial charge < -0.3 is 14.2 Å². The first-order valence-corrected chi connectivity index (χ1v) is 33.8. The predicted molar refractivity (Wildman–Crippen MR) is 357 cm³/mol. The lowest BCUT2D eigenvalue weighted by molar-refractivity contribution is -0.167. The van der Waals surface area contributed by atoms with Crippen LogP contribution < -0.4 is 0 Å². The van der Waals surface area contributed by atoms with Gasteiger partial charge in [-0.05, 0) is 122 Å². The number of esters is 3. The quantitative estimate of drug-likeness (QED) is 0.0261. The van der Waals surface area contributed by atoms with Crippen molar-refractivity contribution in [1.82, 2.24) is 0 Å². The van der Waals surface area contributed by atoms with Crippen LogP contribution in [0.3, 0.4) is 0 Å². The number of hydrogen-bond acceptors (Lipinski definition) is 6. The molecule has 0 aromatic rings. The molecule has 0 aromatic heterocycles. The van der Waals surface area contributed by atoms with Crippen LogP contribution in [0.2, 0.25) is 0 Å². The Hall–Kier alpha value is -4.71. The number of hydrogen-bond donors (Lipinski definition) is 0. The summed E-state index contributed by atoms with van der Waals surface area (Å²) < 4.78 is 16.9. The van der Waals surface area contributed by atoms with Gasteiger partial charge in [0.05, 0.1) is 0 Å². The van der Waals surface area contributed by atoms with Crippen LogP contribution in [0.25, 0.3) is 0 Å². The van der Waals surface area contributed by atoms with Crippen molar-refractivity contribution in [3.63, 3.8) is 0 Å². The summed E-state index contributed by atoms with van der Waals surface area (Å²) in [6.07, 6.45) is 98.6. The first-order chi connectivity index (χ1) is 40.5. The molecule has 0 bridgehead atoms. The highest BCUT2D eigenvalue weighted by molar-refractivity contribution is 5.71. The Kier molecular flexibility index (Phi) is 64.8. The number of rotatable bonds is 60.